The molecular weight excluding hydrogens is 266 g/mol. The Morgan fingerprint density at radius 1 is 1.26 bits per heavy atom. The van der Waals surface area contributed by atoms with Gasteiger partial charge in [0.05, 0.1) is 0 Å². The summed E-state index contributed by atoms with van der Waals surface area (Å²) in [5, 5.41) is 6.30. The lowest BCUT2D eigenvalue weighted by Crippen LogP contribution is -2.33. The van der Waals surface area contributed by atoms with Crippen molar-refractivity contribution in [2.45, 2.75) is 31.7 Å². The van der Waals surface area contributed by atoms with Crippen LogP contribution < -0.4 is 10.6 Å². The summed E-state index contributed by atoms with van der Waals surface area (Å²) in [6.07, 6.45) is 2.89. The Morgan fingerprint density at radius 2 is 1.95 bits per heavy atom. The predicted octanol–water partition coefficient (Wildman–Crippen LogP) is 0.145. The van der Waals surface area contributed by atoms with Crippen molar-refractivity contribution in [2.24, 2.45) is 11.8 Å². The van der Waals surface area contributed by atoms with E-state index < -0.39 is 0 Å². The minimum Gasteiger partial charge on any atom is -0.353 e. The van der Waals surface area contributed by atoms with Crippen LogP contribution in [0, 0.1) is 11.8 Å². The van der Waals surface area contributed by atoms with Crippen LogP contribution in [0.2, 0.25) is 0 Å². The third kappa shape index (κ3) is 3.20. The molecule has 0 saturated carbocycles. The smallest absolute Gasteiger partial charge is 0.222 e. The Morgan fingerprint density at radius 3 is 2.53 bits per heavy atom. The average molecular weight is 288 g/mol. The maximum Gasteiger partial charge on any atom is 0.222 e. The summed E-state index contributed by atoms with van der Waals surface area (Å²) in [4.78, 5) is 25.2. The van der Waals surface area contributed by atoms with Gasteiger partial charge in [0.2, 0.25) is 11.8 Å². The fourth-order valence-corrected chi connectivity index (χ4v) is 3.41. The van der Waals surface area contributed by atoms with Crippen LogP contribution in [0.15, 0.2) is 0 Å². The van der Waals surface area contributed by atoms with Crippen molar-refractivity contribution in [1.29, 1.82) is 0 Å². The zero-order chi connectivity index (χ0) is 12.5. The molecule has 6 heteroatoms. The van der Waals surface area contributed by atoms with Gasteiger partial charge in [0.25, 0.3) is 0 Å². The molecule has 0 radical (unpaired) electrons. The molecule has 3 aliphatic rings. The van der Waals surface area contributed by atoms with Crippen LogP contribution in [0.25, 0.3) is 0 Å². The SMILES string of the molecule is Cl.O=C1CCC(CCC(=O)N2CC3CNCC3C2)N1. The minimum absolute atomic E-state index is 0. The third-order valence-corrected chi connectivity index (χ3v) is 4.53. The molecule has 0 aliphatic carbocycles. The summed E-state index contributed by atoms with van der Waals surface area (Å²) in [7, 11) is 0. The summed E-state index contributed by atoms with van der Waals surface area (Å²) >= 11 is 0. The zero-order valence-corrected chi connectivity index (χ0v) is 11.9. The van der Waals surface area contributed by atoms with Crippen LogP contribution in [0.5, 0.6) is 0 Å². The number of amides is 2. The fraction of sp³-hybridized carbons (Fsp3) is 0.846. The molecule has 19 heavy (non-hydrogen) atoms. The summed E-state index contributed by atoms with van der Waals surface area (Å²) in [6.45, 7) is 3.97. The van der Waals surface area contributed by atoms with Gasteiger partial charge in [-0.3, -0.25) is 9.59 Å². The van der Waals surface area contributed by atoms with E-state index in [4.69, 9.17) is 0 Å². The number of nitrogens with one attached hydrogen (secondary N) is 2. The summed E-state index contributed by atoms with van der Waals surface area (Å²) in [6, 6.07) is 0.227. The Hall–Kier alpha value is -0.810. The topological polar surface area (TPSA) is 61.4 Å². The highest BCUT2D eigenvalue weighted by atomic mass is 35.5. The van der Waals surface area contributed by atoms with Crippen LogP contribution >= 0.6 is 12.4 Å². The number of fused-ring (bicyclic) bond motifs is 1. The molecule has 0 spiro atoms. The first-order chi connectivity index (χ1) is 8.72. The molecular formula is C13H22ClN3O2. The molecule has 0 aromatic heterocycles. The van der Waals surface area contributed by atoms with E-state index in [1.807, 2.05) is 4.90 Å². The normalized spacial score (nSPS) is 32.9. The Labute approximate surface area is 119 Å². The molecule has 0 aromatic rings. The van der Waals surface area contributed by atoms with Gasteiger partial charge in [0, 0.05) is 45.1 Å². The quantitative estimate of drug-likeness (QED) is 0.776. The number of likely N-dealkylation sites (tertiary alicyclic amines) is 1. The predicted molar refractivity (Wildman–Crippen MR) is 74.1 cm³/mol. The Balaban J connectivity index is 0.00000133. The van der Waals surface area contributed by atoms with E-state index in [1.54, 1.807) is 0 Å². The fourth-order valence-electron chi connectivity index (χ4n) is 3.41. The summed E-state index contributed by atoms with van der Waals surface area (Å²) in [5.74, 6) is 1.74. The van der Waals surface area contributed by atoms with Gasteiger partial charge in [-0.2, -0.15) is 0 Å². The standard InChI is InChI=1S/C13H21N3O2.ClH/c17-12-3-1-11(15-12)2-4-13(18)16-7-9-5-14-6-10(9)8-16;/h9-11,14H,1-8H2,(H,15,17);1H. The second-order valence-electron chi connectivity index (χ2n) is 5.82. The van der Waals surface area contributed by atoms with Crippen molar-refractivity contribution in [3.05, 3.63) is 0 Å². The Bertz CT molecular complexity index is 352. The monoisotopic (exact) mass is 287 g/mol. The average Bonchev–Trinajstić information content (AvgIpc) is 3.00. The minimum atomic E-state index is 0. The highest BCUT2D eigenvalue weighted by Gasteiger charge is 2.37. The first kappa shape index (κ1) is 14.6. The molecule has 2 amide bonds. The Kier molecular flexibility index (Phi) is 4.68. The molecule has 3 saturated heterocycles. The van der Waals surface area contributed by atoms with Crippen molar-refractivity contribution in [3.8, 4) is 0 Å². The van der Waals surface area contributed by atoms with Crippen molar-refractivity contribution in [1.82, 2.24) is 15.5 Å². The van der Waals surface area contributed by atoms with Crippen molar-refractivity contribution in [2.75, 3.05) is 26.2 Å². The van der Waals surface area contributed by atoms with Gasteiger partial charge in [-0.05, 0) is 24.7 Å². The molecule has 108 valence electrons. The van der Waals surface area contributed by atoms with E-state index in [0.717, 1.165) is 39.0 Å². The van der Waals surface area contributed by atoms with E-state index in [-0.39, 0.29) is 30.3 Å². The zero-order valence-electron chi connectivity index (χ0n) is 11.1. The van der Waals surface area contributed by atoms with E-state index in [9.17, 15) is 9.59 Å². The third-order valence-electron chi connectivity index (χ3n) is 4.53. The van der Waals surface area contributed by atoms with Crippen LogP contribution in [-0.4, -0.2) is 48.9 Å². The molecule has 2 N–H and O–H groups in total. The van der Waals surface area contributed by atoms with Crippen LogP contribution in [0.1, 0.15) is 25.7 Å². The largest absolute Gasteiger partial charge is 0.353 e. The first-order valence-corrected chi connectivity index (χ1v) is 7.00. The van der Waals surface area contributed by atoms with Gasteiger partial charge in [0.15, 0.2) is 0 Å². The summed E-state index contributed by atoms with van der Waals surface area (Å²) < 4.78 is 0. The number of nitrogens with zero attached hydrogens (tertiary/aromatic N) is 1. The van der Waals surface area contributed by atoms with E-state index >= 15 is 0 Å². The molecule has 3 aliphatic heterocycles. The molecule has 5 nitrogen and oxygen atoms in total. The van der Waals surface area contributed by atoms with Gasteiger partial charge < -0.3 is 15.5 Å². The second-order valence-corrected chi connectivity index (χ2v) is 5.82. The van der Waals surface area contributed by atoms with Gasteiger partial charge in [-0.25, -0.2) is 0 Å². The highest BCUT2D eigenvalue weighted by Crippen LogP contribution is 2.27. The lowest BCUT2D eigenvalue weighted by Gasteiger charge is -2.18. The second kappa shape index (κ2) is 6.09. The molecule has 0 aromatic carbocycles. The number of carbonyl (C=O) groups excluding carboxylic acids is 2. The number of halogens is 1. The number of rotatable bonds is 3. The van der Waals surface area contributed by atoms with Crippen molar-refractivity contribution in [3.63, 3.8) is 0 Å². The number of hydrogen-bond donors (Lipinski definition) is 2. The molecule has 3 unspecified atom stereocenters. The molecule has 0 bridgehead atoms. The van der Waals surface area contributed by atoms with Gasteiger partial charge in [0.1, 0.15) is 0 Å². The van der Waals surface area contributed by atoms with Gasteiger partial charge >= 0.3 is 0 Å². The number of hydrogen-bond acceptors (Lipinski definition) is 3. The number of carbonyl (C=O) groups is 2. The molecule has 3 atom stereocenters. The van der Waals surface area contributed by atoms with E-state index in [2.05, 4.69) is 10.6 Å². The maximum atomic E-state index is 12.1. The van der Waals surface area contributed by atoms with E-state index in [0.29, 0.717) is 24.7 Å². The van der Waals surface area contributed by atoms with Crippen molar-refractivity contribution >= 4 is 24.2 Å². The van der Waals surface area contributed by atoms with Crippen LogP contribution in [0.3, 0.4) is 0 Å². The first-order valence-electron chi connectivity index (χ1n) is 7.00. The molecule has 3 rings (SSSR count). The lowest BCUT2D eigenvalue weighted by atomic mass is 10.0. The van der Waals surface area contributed by atoms with Crippen LogP contribution in [0.4, 0.5) is 0 Å². The van der Waals surface area contributed by atoms with E-state index in [1.165, 1.54) is 0 Å². The lowest BCUT2D eigenvalue weighted by molar-refractivity contribution is -0.130. The van der Waals surface area contributed by atoms with Gasteiger partial charge in [-0.1, -0.05) is 0 Å². The van der Waals surface area contributed by atoms with Gasteiger partial charge in [-0.15, -0.1) is 12.4 Å². The summed E-state index contributed by atoms with van der Waals surface area (Å²) in [5.41, 5.74) is 0. The maximum absolute atomic E-state index is 12.1. The highest BCUT2D eigenvalue weighted by molar-refractivity contribution is 5.85. The molecule has 3 fully saturated rings. The van der Waals surface area contributed by atoms with Crippen molar-refractivity contribution < 1.29 is 9.59 Å². The van der Waals surface area contributed by atoms with Crippen LogP contribution in [-0.2, 0) is 9.59 Å². The molecule has 3 heterocycles.